The van der Waals surface area contributed by atoms with Crippen molar-refractivity contribution in [3.05, 3.63) is 77.3 Å². The fourth-order valence-corrected chi connectivity index (χ4v) is 4.62. The number of carbonyl (C=O) groups excluding carboxylic acids is 1. The Bertz CT molecular complexity index is 1600. The van der Waals surface area contributed by atoms with E-state index in [0.29, 0.717) is 17.3 Å². The van der Waals surface area contributed by atoms with Gasteiger partial charge in [0, 0.05) is 33.7 Å². The maximum atomic E-state index is 12.6. The van der Waals surface area contributed by atoms with Crippen LogP contribution in [-0.2, 0) is 11.2 Å². The third kappa shape index (κ3) is 5.75. The molecule has 1 amide bonds. The van der Waals surface area contributed by atoms with Gasteiger partial charge in [0.05, 0.1) is 17.8 Å². The molecule has 1 atom stereocenters. The number of benzene rings is 2. The molecule has 0 aliphatic heterocycles. The van der Waals surface area contributed by atoms with Gasteiger partial charge in [0.25, 0.3) is 0 Å². The predicted octanol–water partition coefficient (Wildman–Crippen LogP) is 6.58. The average molecular weight is 532 g/mol. The highest BCUT2D eigenvalue weighted by atomic mass is 35.5. The zero-order chi connectivity index (χ0) is 26.9. The second-order valence-electron chi connectivity index (χ2n) is 10.3. The number of aryl methyl sites for hydroxylation is 1. The molecule has 2 aromatic carbocycles. The molecule has 38 heavy (non-hydrogen) atoms. The van der Waals surface area contributed by atoms with Crippen LogP contribution in [0.3, 0.4) is 0 Å². The quantitative estimate of drug-likeness (QED) is 0.206. The highest BCUT2D eigenvalue weighted by molar-refractivity contribution is 6.32. The molecule has 9 heteroatoms. The summed E-state index contributed by atoms with van der Waals surface area (Å²) in [4.78, 5) is 20.3. The molecule has 196 valence electrons. The Morgan fingerprint density at radius 1 is 1.13 bits per heavy atom. The van der Waals surface area contributed by atoms with Gasteiger partial charge in [-0.25, -0.2) is 9.78 Å². The highest BCUT2D eigenvalue weighted by Gasteiger charge is 2.22. The first kappa shape index (κ1) is 25.6. The van der Waals surface area contributed by atoms with E-state index >= 15 is 0 Å². The number of halogens is 1. The Morgan fingerprint density at radius 2 is 1.95 bits per heavy atom. The number of aromatic nitrogens is 4. The van der Waals surface area contributed by atoms with E-state index in [2.05, 4.69) is 31.5 Å². The van der Waals surface area contributed by atoms with Gasteiger partial charge in [-0.05, 0) is 69.5 Å². The van der Waals surface area contributed by atoms with Gasteiger partial charge >= 0.3 is 6.09 Å². The van der Waals surface area contributed by atoms with Gasteiger partial charge in [-0.2, -0.15) is 5.10 Å². The molecule has 0 unspecified atom stereocenters. The molecule has 0 fully saturated rings. The molecule has 0 radical (unpaired) electrons. The molecule has 0 aliphatic carbocycles. The van der Waals surface area contributed by atoms with Gasteiger partial charge < -0.3 is 19.8 Å². The Balaban J connectivity index is 1.37. The second-order valence-corrected chi connectivity index (χ2v) is 10.7. The monoisotopic (exact) mass is 531 g/mol. The number of amides is 1. The maximum Gasteiger partial charge on any atom is 0.408 e. The van der Waals surface area contributed by atoms with Crippen LogP contribution in [0.15, 0.2) is 60.9 Å². The predicted molar refractivity (Wildman–Crippen MR) is 150 cm³/mol. The fourth-order valence-electron chi connectivity index (χ4n) is 4.40. The number of para-hydroxylation sites is 1. The summed E-state index contributed by atoms with van der Waals surface area (Å²) < 4.78 is 11.7. The van der Waals surface area contributed by atoms with Crippen LogP contribution in [-0.4, -0.2) is 44.5 Å². The third-order valence-electron chi connectivity index (χ3n) is 6.18. The Labute approximate surface area is 225 Å². The van der Waals surface area contributed by atoms with Crippen LogP contribution in [0.1, 0.15) is 32.0 Å². The number of fused-ring (bicyclic) bond motifs is 2. The summed E-state index contributed by atoms with van der Waals surface area (Å²) in [6, 6.07) is 15.5. The van der Waals surface area contributed by atoms with E-state index in [1.165, 1.54) is 0 Å². The summed E-state index contributed by atoms with van der Waals surface area (Å²) in [7, 11) is 0. The molecular formula is C29H30ClN5O3. The number of alkyl carbamates (subject to hydrolysis) is 1. The van der Waals surface area contributed by atoms with Crippen molar-refractivity contribution in [3.63, 3.8) is 0 Å². The normalized spacial score (nSPS) is 12.6. The highest BCUT2D eigenvalue weighted by Crippen LogP contribution is 2.32. The lowest BCUT2D eigenvalue weighted by Crippen LogP contribution is -2.43. The van der Waals surface area contributed by atoms with E-state index in [1.807, 2.05) is 76.4 Å². The van der Waals surface area contributed by atoms with E-state index in [1.54, 1.807) is 6.20 Å². The number of rotatable bonds is 7. The number of pyridine rings is 1. The number of nitrogens with zero attached hydrogens (tertiary/aromatic N) is 2. The molecule has 3 heterocycles. The van der Waals surface area contributed by atoms with Gasteiger partial charge in [0.2, 0.25) is 0 Å². The van der Waals surface area contributed by atoms with Crippen molar-refractivity contribution in [2.75, 3.05) is 6.61 Å². The van der Waals surface area contributed by atoms with Gasteiger partial charge in [-0.15, -0.1) is 0 Å². The summed E-state index contributed by atoms with van der Waals surface area (Å²) >= 11 is 6.47. The number of hydrogen-bond acceptors (Lipinski definition) is 5. The van der Waals surface area contributed by atoms with E-state index in [-0.39, 0.29) is 12.6 Å². The minimum atomic E-state index is -0.611. The molecule has 0 bridgehead atoms. The first-order chi connectivity index (χ1) is 18.2. The van der Waals surface area contributed by atoms with E-state index in [4.69, 9.17) is 21.1 Å². The molecule has 0 saturated carbocycles. The minimum absolute atomic E-state index is 0.210. The lowest BCUT2D eigenvalue weighted by molar-refractivity contribution is 0.0488. The summed E-state index contributed by atoms with van der Waals surface area (Å²) in [5, 5.41) is 12.8. The SMILES string of the molecule is Cc1[nH]nc2ccc(-c3cc(OC[C@@H](Cc4c[nH]c5ccccc45)NC(=O)OC(C)(C)C)cnc3Cl)cc12. The van der Waals surface area contributed by atoms with Gasteiger partial charge in [-0.1, -0.05) is 35.9 Å². The van der Waals surface area contributed by atoms with E-state index < -0.39 is 11.7 Å². The molecule has 8 nitrogen and oxygen atoms in total. The van der Waals surface area contributed by atoms with Crippen LogP contribution in [0.2, 0.25) is 5.15 Å². The van der Waals surface area contributed by atoms with Crippen LogP contribution < -0.4 is 10.1 Å². The summed E-state index contributed by atoms with van der Waals surface area (Å²) in [5.41, 5.74) is 5.02. The number of nitrogens with one attached hydrogen (secondary N) is 3. The van der Waals surface area contributed by atoms with Crippen molar-refractivity contribution in [1.82, 2.24) is 25.5 Å². The summed E-state index contributed by atoms with van der Waals surface area (Å²) in [6.07, 6.45) is 3.60. The first-order valence-electron chi connectivity index (χ1n) is 12.4. The fraction of sp³-hybridized carbons (Fsp3) is 0.276. The topological polar surface area (TPSA) is 105 Å². The van der Waals surface area contributed by atoms with Crippen molar-refractivity contribution < 1.29 is 14.3 Å². The molecule has 5 rings (SSSR count). The van der Waals surface area contributed by atoms with Crippen molar-refractivity contribution >= 4 is 39.5 Å². The van der Waals surface area contributed by atoms with Crippen LogP contribution in [0.5, 0.6) is 5.75 Å². The number of H-pyrrole nitrogens is 2. The van der Waals surface area contributed by atoms with Crippen molar-refractivity contribution in [3.8, 4) is 16.9 Å². The Hall–Kier alpha value is -4.04. The Kier molecular flexibility index (Phi) is 6.99. The molecule has 0 spiro atoms. The molecule has 3 aromatic heterocycles. The van der Waals surface area contributed by atoms with Crippen LogP contribution >= 0.6 is 11.6 Å². The summed E-state index contributed by atoms with van der Waals surface area (Å²) in [5.74, 6) is 0.545. The lowest BCUT2D eigenvalue weighted by atomic mass is 10.0. The lowest BCUT2D eigenvalue weighted by Gasteiger charge is -2.24. The zero-order valence-corrected chi connectivity index (χ0v) is 22.5. The Morgan fingerprint density at radius 3 is 2.76 bits per heavy atom. The third-order valence-corrected chi connectivity index (χ3v) is 6.48. The molecule has 3 N–H and O–H groups in total. The van der Waals surface area contributed by atoms with Gasteiger partial charge in [0.15, 0.2) is 0 Å². The first-order valence-corrected chi connectivity index (χ1v) is 12.8. The molecule has 0 saturated heterocycles. The van der Waals surface area contributed by atoms with Gasteiger partial charge in [0.1, 0.15) is 23.1 Å². The van der Waals surface area contributed by atoms with Crippen molar-refractivity contribution in [2.45, 2.75) is 45.8 Å². The van der Waals surface area contributed by atoms with Crippen LogP contribution in [0.25, 0.3) is 32.9 Å². The second kappa shape index (κ2) is 10.4. The van der Waals surface area contributed by atoms with Crippen molar-refractivity contribution in [1.29, 1.82) is 0 Å². The number of carbonyl (C=O) groups is 1. The zero-order valence-electron chi connectivity index (χ0n) is 21.8. The number of aromatic amines is 2. The van der Waals surface area contributed by atoms with Crippen molar-refractivity contribution in [2.24, 2.45) is 0 Å². The number of ether oxygens (including phenoxy) is 2. The van der Waals surface area contributed by atoms with Crippen LogP contribution in [0, 0.1) is 6.92 Å². The molecular weight excluding hydrogens is 502 g/mol. The summed E-state index contributed by atoms with van der Waals surface area (Å²) in [6.45, 7) is 7.69. The van der Waals surface area contributed by atoms with E-state index in [0.717, 1.165) is 44.2 Å². The molecule has 5 aromatic rings. The average Bonchev–Trinajstić information content (AvgIpc) is 3.45. The minimum Gasteiger partial charge on any atom is -0.490 e. The maximum absolute atomic E-state index is 12.6. The smallest absolute Gasteiger partial charge is 0.408 e. The van der Waals surface area contributed by atoms with Crippen LogP contribution in [0.4, 0.5) is 4.79 Å². The largest absolute Gasteiger partial charge is 0.490 e. The molecule has 0 aliphatic rings. The standard InChI is InChI=1S/C29H30ClN5O3/c1-17-23-12-18(9-10-26(23)35-34-17)24-13-21(15-32-27(24)30)37-16-20(33-28(36)38-29(2,3)4)11-19-14-31-25-8-6-5-7-22(19)25/h5-10,12-15,20,31H,11,16H2,1-4H3,(H,33,36)(H,34,35)/t20-/m1/s1. The van der Waals surface area contributed by atoms with Gasteiger partial charge in [-0.3, -0.25) is 5.10 Å². The van der Waals surface area contributed by atoms with E-state index in [9.17, 15) is 4.79 Å². The number of hydrogen-bond donors (Lipinski definition) is 3.